The molecule has 0 saturated carbocycles. The highest BCUT2D eigenvalue weighted by Gasteiger charge is 2.30. The Labute approximate surface area is 103 Å². The maximum absolute atomic E-state index is 11.7. The Morgan fingerprint density at radius 1 is 1.18 bits per heavy atom. The van der Waals surface area contributed by atoms with Gasteiger partial charge in [0.2, 0.25) is 0 Å². The number of hydrogen-bond donors (Lipinski definition) is 0. The van der Waals surface area contributed by atoms with Crippen LogP contribution in [0.2, 0.25) is 0 Å². The summed E-state index contributed by atoms with van der Waals surface area (Å²) in [5, 5.41) is 0. The molecule has 0 aliphatic heterocycles. The molecule has 0 aromatic heterocycles. The Balaban J connectivity index is 2.63. The van der Waals surface area contributed by atoms with Gasteiger partial charge in [-0.2, -0.15) is 0 Å². The number of fused-ring (bicyclic) bond motifs is 1. The van der Waals surface area contributed by atoms with Gasteiger partial charge in [0, 0.05) is 12.2 Å². The summed E-state index contributed by atoms with van der Waals surface area (Å²) in [6.45, 7) is 6.51. The largest absolute Gasteiger partial charge is 0.224 e. The number of sulfone groups is 1. The van der Waals surface area contributed by atoms with E-state index in [4.69, 9.17) is 0 Å². The molecular weight excluding hydrogens is 232 g/mol. The van der Waals surface area contributed by atoms with Crippen LogP contribution in [0.5, 0.6) is 0 Å². The van der Waals surface area contributed by atoms with Crippen molar-refractivity contribution in [3.8, 4) is 0 Å². The van der Waals surface area contributed by atoms with E-state index in [9.17, 15) is 8.42 Å². The zero-order valence-corrected chi connectivity index (χ0v) is 11.5. The zero-order valence-electron chi connectivity index (χ0n) is 10.7. The van der Waals surface area contributed by atoms with Gasteiger partial charge in [-0.25, -0.2) is 8.42 Å². The number of hydrogen-bond acceptors (Lipinski definition) is 2. The van der Waals surface area contributed by atoms with Crippen LogP contribution in [-0.2, 0) is 9.84 Å². The summed E-state index contributed by atoms with van der Waals surface area (Å²) in [7, 11) is -3.15. The van der Waals surface area contributed by atoms with E-state index >= 15 is 0 Å². The fourth-order valence-electron chi connectivity index (χ4n) is 2.39. The van der Waals surface area contributed by atoms with E-state index in [-0.39, 0.29) is 5.41 Å². The maximum atomic E-state index is 11.7. The van der Waals surface area contributed by atoms with Crippen LogP contribution >= 0.6 is 0 Å². The van der Waals surface area contributed by atoms with E-state index in [0.29, 0.717) is 10.8 Å². The first kappa shape index (κ1) is 12.4. The predicted octanol–water partition coefficient (Wildman–Crippen LogP) is 3.25. The van der Waals surface area contributed by atoms with E-state index in [0.717, 1.165) is 11.1 Å². The Morgan fingerprint density at radius 3 is 2.35 bits per heavy atom. The Hall–Kier alpha value is -1.09. The second-order valence-electron chi connectivity index (χ2n) is 5.73. The summed E-state index contributed by atoms with van der Waals surface area (Å²) in [5.74, 6) is 0.291. The van der Waals surface area contributed by atoms with Gasteiger partial charge in [0.25, 0.3) is 0 Å². The first-order valence-corrected chi connectivity index (χ1v) is 7.61. The van der Waals surface area contributed by atoms with Gasteiger partial charge in [-0.15, -0.1) is 0 Å². The maximum Gasteiger partial charge on any atom is 0.176 e. The predicted molar refractivity (Wildman–Crippen MR) is 70.8 cm³/mol. The van der Waals surface area contributed by atoms with E-state index in [1.165, 1.54) is 6.26 Å². The van der Waals surface area contributed by atoms with Gasteiger partial charge < -0.3 is 0 Å². The van der Waals surface area contributed by atoms with Crippen LogP contribution in [0.4, 0.5) is 0 Å². The second-order valence-corrected chi connectivity index (χ2v) is 7.72. The standard InChI is InChI=1S/C14H18O2S/c1-14(2,3)12-9-8-11-10(12)6-5-7-13(11)17(4,15)16/h5-9,12H,1-4H3. The summed E-state index contributed by atoms with van der Waals surface area (Å²) in [4.78, 5) is 0.443. The third-order valence-electron chi connectivity index (χ3n) is 3.22. The fourth-order valence-corrected chi connectivity index (χ4v) is 3.30. The molecular formula is C14H18O2S. The molecule has 1 aromatic carbocycles. The van der Waals surface area contributed by atoms with Gasteiger partial charge in [-0.05, 0) is 22.6 Å². The van der Waals surface area contributed by atoms with Crippen LogP contribution in [0.3, 0.4) is 0 Å². The van der Waals surface area contributed by atoms with Gasteiger partial charge in [0.1, 0.15) is 0 Å². The number of rotatable bonds is 1. The molecule has 1 atom stereocenters. The average Bonchev–Trinajstić information content (AvgIpc) is 2.57. The normalized spacial score (nSPS) is 19.4. The Bertz CT molecular complexity index is 575. The van der Waals surface area contributed by atoms with Crippen LogP contribution in [0, 0.1) is 5.41 Å². The molecule has 2 nitrogen and oxygen atoms in total. The van der Waals surface area contributed by atoms with Crippen molar-refractivity contribution in [1.29, 1.82) is 0 Å². The summed E-state index contributed by atoms with van der Waals surface area (Å²) >= 11 is 0. The van der Waals surface area contributed by atoms with Crippen molar-refractivity contribution >= 4 is 15.9 Å². The molecule has 92 valence electrons. The summed E-state index contributed by atoms with van der Waals surface area (Å²) in [5.41, 5.74) is 2.10. The highest BCUT2D eigenvalue weighted by atomic mass is 32.2. The monoisotopic (exact) mass is 250 g/mol. The first-order chi connectivity index (χ1) is 7.71. The van der Waals surface area contributed by atoms with Crippen molar-refractivity contribution in [1.82, 2.24) is 0 Å². The topological polar surface area (TPSA) is 34.1 Å². The summed E-state index contributed by atoms with van der Waals surface area (Å²) < 4.78 is 23.4. The highest BCUT2D eigenvalue weighted by Crippen LogP contribution is 2.43. The third-order valence-corrected chi connectivity index (χ3v) is 4.38. The quantitative estimate of drug-likeness (QED) is 0.766. The molecule has 2 rings (SSSR count). The smallest absolute Gasteiger partial charge is 0.176 e. The molecule has 0 amide bonds. The lowest BCUT2D eigenvalue weighted by Gasteiger charge is -2.27. The molecule has 17 heavy (non-hydrogen) atoms. The van der Waals surface area contributed by atoms with Crippen molar-refractivity contribution in [3.05, 3.63) is 35.4 Å². The number of benzene rings is 1. The average molecular weight is 250 g/mol. The molecule has 3 heteroatoms. The summed E-state index contributed by atoms with van der Waals surface area (Å²) in [6.07, 6.45) is 5.32. The van der Waals surface area contributed by atoms with E-state index in [2.05, 4.69) is 26.8 Å². The lowest BCUT2D eigenvalue weighted by atomic mass is 9.78. The second kappa shape index (κ2) is 3.70. The van der Waals surface area contributed by atoms with Crippen molar-refractivity contribution in [3.63, 3.8) is 0 Å². The molecule has 1 aromatic rings. The van der Waals surface area contributed by atoms with Crippen molar-refractivity contribution in [2.75, 3.05) is 6.26 Å². The van der Waals surface area contributed by atoms with Gasteiger partial charge in [-0.3, -0.25) is 0 Å². The minimum Gasteiger partial charge on any atom is -0.224 e. The molecule has 1 aliphatic rings. The molecule has 0 spiro atoms. The Morgan fingerprint density at radius 2 is 1.82 bits per heavy atom. The molecule has 1 aliphatic carbocycles. The molecule has 0 fully saturated rings. The van der Waals surface area contributed by atoms with Gasteiger partial charge in [-0.1, -0.05) is 45.1 Å². The van der Waals surface area contributed by atoms with Crippen molar-refractivity contribution in [2.45, 2.75) is 31.6 Å². The molecule has 0 bridgehead atoms. The van der Waals surface area contributed by atoms with Crippen LogP contribution in [-0.4, -0.2) is 14.7 Å². The van der Waals surface area contributed by atoms with Crippen LogP contribution in [0.15, 0.2) is 29.2 Å². The zero-order chi connectivity index (χ0) is 12.8. The SMILES string of the molecule is CC(C)(C)C1C=Cc2c1cccc2S(C)(=O)=O. The minimum atomic E-state index is -3.15. The Kier molecular flexibility index (Phi) is 2.69. The van der Waals surface area contributed by atoms with Crippen molar-refractivity contribution < 1.29 is 8.42 Å². The van der Waals surface area contributed by atoms with E-state index < -0.39 is 9.84 Å². The molecule has 0 N–H and O–H groups in total. The van der Waals surface area contributed by atoms with Gasteiger partial charge in [0.15, 0.2) is 9.84 Å². The van der Waals surface area contributed by atoms with Gasteiger partial charge >= 0.3 is 0 Å². The van der Waals surface area contributed by atoms with Gasteiger partial charge in [0.05, 0.1) is 4.90 Å². The minimum absolute atomic E-state index is 0.109. The lowest BCUT2D eigenvalue weighted by Crippen LogP contribution is -2.15. The van der Waals surface area contributed by atoms with E-state index in [1.807, 2.05) is 18.2 Å². The van der Waals surface area contributed by atoms with Crippen molar-refractivity contribution in [2.24, 2.45) is 5.41 Å². The van der Waals surface area contributed by atoms with Crippen LogP contribution in [0.1, 0.15) is 37.8 Å². The van der Waals surface area contributed by atoms with Crippen LogP contribution in [0.25, 0.3) is 6.08 Å². The third kappa shape index (κ3) is 2.16. The molecule has 1 unspecified atom stereocenters. The molecule has 0 heterocycles. The highest BCUT2D eigenvalue weighted by molar-refractivity contribution is 7.90. The van der Waals surface area contributed by atoms with Crippen LogP contribution < -0.4 is 0 Å². The fraction of sp³-hybridized carbons (Fsp3) is 0.429. The summed E-state index contributed by atoms with van der Waals surface area (Å²) in [6, 6.07) is 5.55. The molecule has 0 radical (unpaired) electrons. The lowest BCUT2D eigenvalue weighted by molar-refractivity contribution is 0.369. The van der Waals surface area contributed by atoms with E-state index in [1.54, 1.807) is 6.07 Å². The molecule has 0 saturated heterocycles. The number of allylic oxidation sites excluding steroid dienone is 1. The first-order valence-electron chi connectivity index (χ1n) is 5.72.